The Balaban J connectivity index is 2.90. The predicted molar refractivity (Wildman–Crippen MR) is 90.3 cm³/mol. The second kappa shape index (κ2) is 7.27. The predicted octanol–water partition coefficient (Wildman–Crippen LogP) is 3.11. The van der Waals surface area contributed by atoms with Crippen molar-refractivity contribution < 1.29 is 8.42 Å². The summed E-state index contributed by atoms with van der Waals surface area (Å²) in [4.78, 5) is 0. The van der Waals surface area contributed by atoms with Crippen molar-refractivity contribution in [3.8, 4) is 0 Å². The smallest absolute Gasteiger partial charge is 0.236 e. The van der Waals surface area contributed by atoms with E-state index in [4.69, 9.17) is 0 Å². The first-order valence-electron chi connectivity index (χ1n) is 7.50. The van der Waals surface area contributed by atoms with Crippen LogP contribution in [0.4, 0.5) is 5.69 Å². The lowest BCUT2D eigenvalue weighted by atomic mass is 9.86. The van der Waals surface area contributed by atoms with Gasteiger partial charge in [-0.2, -0.15) is 0 Å². The Hall–Kier alpha value is -1.07. The molecule has 1 aromatic carbocycles. The van der Waals surface area contributed by atoms with Crippen LogP contribution >= 0.6 is 0 Å². The van der Waals surface area contributed by atoms with E-state index in [0.29, 0.717) is 12.2 Å². The SMILES string of the molecule is CCCNCC(C)S(=O)(=O)Nc1ccccc1C(C)(C)C. The third-order valence-corrected chi connectivity index (χ3v) is 5.11. The Morgan fingerprint density at radius 2 is 1.81 bits per heavy atom. The van der Waals surface area contributed by atoms with Crippen LogP contribution < -0.4 is 10.0 Å². The number of anilines is 1. The Labute approximate surface area is 129 Å². The summed E-state index contributed by atoms with van der Waals surface area (Å²) in [6, 6.07) is 7.58. The van der Waals surface area contributed by atoms with Gasteiger partial charge in [-0.1, -0.05) is 45.9 Å². The van der Waals surface area contributed by atoms with E-state index >= 15 is 0 Å². The number of hydrogen-bond acceptors (Lipinski definition) is 3. The molecule has 0 spiro atoms. The van der Waals surface area contributed by atoms with Crippen LogP contribution in [0.1, 0.15) is 46.6 Å². The van der Waals surface area contributed by atoms with Crippen LogP contribution in [0.3, 0.4) is 0 Å². The van der Waals surface area contributed by atoms with E-state index < -0.39 is 15.3 Å². The Kier molecular flexibility index (Phi) is 6.23. The van der Waals surface area contributed by atoms with Gasteiger partial charge in [-0.25, -0.2) is 8.42 Å². The molecule has 0 saturated heterocycles. The van der Waals surface area contributed by atoms with Gasteiger partial charge in [0.2, 0.25) is 10.0 Å². The van der Waals surface area contributed by atoms with Gasteiger partial charge in [0.25, 0.3) is 0 Å². The summed E-state index contributed by atoms with van der Waals surface area (Å²) in [7, 11) is -3.39. The molecule has 0 aliphatic carbocycles. The molecule has 0 bridgehead atoms. The van der Waals surface area contributed by atoms with Gasteiger partial charge in [0.15, 0.2) is 0 Å². The molecular weight excluding hydrogens is 284 g/mol. The van der Waals surface area contributed by atoms with Crippen LogP contribution in [0.2, 0.25) is 0 Å². The first-order valence-corrected chi connectivity index (χ1v) is 9.05. The Bertz CT molecular complexity index is 548. The van der Waals surface area contributed by atoms with E-state index in [0.717, 1.165) is 18.5 Å². The highest BCUT2D eigenvalue weighted by Crippen LogP contribution is 2.30. The normalized spacial score (nSPS) is 14.0. The van der Waals surface area contributed by atoms with Crippen molar-refractivity contribution in [3.05, 3.63) is 29.8 Å². The lowest BCUT2D eigenvalue weighted by Gasteiger charge is -2.24. The number of para-hydroxylation sites is 1. The maximum atomic E-state index is 12.4. The first-order chi connectivity index (χ1) is 9.68. The average Bonchev–Trinajstić information content (AvgIpc) is 2.37. The minimum Gasteiger partial charge on any atom is -0.315 e. The number of hydrogen-bond donors (Lipinski definition) is 2. The third kappa shape index (κ3) is 5.32. The molecule has 21 heavy (non-hydrogen) atoms. The van der Waals surface area contributed by atoms with Gasteiger partial charge >= 0.3 is 0 Å². The molecule has 0 aliphatic heterocycles. The number of sulfonamides is 1. The van der Waals surface area contributed by atoms with Crippen LogP contribution in [0.5, 0.6) is 0 Å². The first kappa shape index (κ1) is 18.0. The molecule has 5 heteroatoms. The third-order valence-electron chi connectivity index (χ3n) is 3.38. The lowest BCUT2D eigenvalue weighted by Crippen LogP contribution is -2.35. The highest BCUT2D eigenvalue weighted by Gasteiger charge is 2.24. The molecule has 0 saturated carbocycles. The highest BCUT2D eigenvalue weighted by molar-refractivity contribution is 7.93. The molecule has 0 aromatic heterocycles. The standard InChI is InChI=1S/C16H28N2O2S/c1-6-11-17-12-13(2)21(19,20)18-15-10-8-7-9-14(15)16(3,4)5/h7-10,13,17-18H,6,11-12H2,1-5H3. The number of rotatable bonds is 7. The molecular formula is C16H28N2O2S. The van der Waals surface area contributed by atoms with E-state index in [-0.39, 0.29) is 5.41 Å². The fourth-order valence-corrected chi connectivity index (χ4v) is 3.09. The molecule has 120 valence electrons. The molecule has 0 heterocycles. The van der Waals surface area contributed by atoms with Crippen LogP contribution in [0.25, 0.3) is 0 Å². The molecule has 0 radical (unpaired) electrons. The van der Waals surface area contributed by atoms with Crippen molar-refractivity contribution in [2.75, 3.05) is 17.8 Å². The zero-order valence-electron chi connectivity index (χ0n) is 13.7. The van der Waals surface area contributed by atoms with Gasteiger partial charge in [-0.15, -0.1) is 0 Å². The quantitative estimate of drug-likeness (QED) is 0.761. The second-order valence-corrected chi connectivity index (χ2v) is 8.56. The largest absolute Gasteiger partial charge is 0.315 e. The van der Waals surface area contributed by atoms with Gasteiger partial charge in [-0.3, -0.25) is 4.72 Å². The van der Waals surface area contributed by atoms with E-state index in [2.05, 4.69) is 37.7 Å². The van der Waals surface area contributed by atoms with Crippen LogP contribution in [0, 0.1) is 0 Å². The maximum absolute atomic E-state index is 12.4. The van der Waals surface area contributed by atoms with E-state index in [9.17, 15) is 8.42 Å². The zero-order valence-corrected chi connectivity index (χ0v) is 14.5. The van der Waals surface area contributed by atoms with Crippen molar-refractivity contribution in [1.29, 1.82) is 0 Å². The van der Waals surface area contributed by atoms with Crippen molar-refractivity contribution in [1.82, 2.24) is 5.32 Å². The molecule has 0 aliphatic rings. The van der Waals surface area contributed by atoms with Crippen molar-refractivity contribution >= 4 is 15.7 Å². The minimum absolute atomic E-state index is 0.108. The van der Waals surface area contributed by atoms with Crippen molar-refractivity contribution in [2.45, 2.75) is 51.7 Å². The van der Waals surface area contributed by atoms with Crippen LogP contribution in [-0.4, -0.2) is 26.8 Å². The number of benzene rings is 1. The highest BCUT2D eigenvalue weighted by atomic mass is 32.2. The van der Waals surface area contributed by atoms with Crippen LogP contribution in [-0.2, 0) is 15.4 Å². The van der Waals surface area contributed by atoms with E-state index in [1.165, 1.54) is 0 Å². The molecule has 2 N–H and O–H groups in total. The second-order valence-electron chi connectivity index (χ2n) is 6.46. The fourth-order valence-electron chi connectivity index (χ4n) is 2.07. The average molecular weight is 312 g/mol. The van der Waals surface area contributed by atoms with Crippen molar-refractivity contribution in [3.63, 3.8) is 0 Å². The van der Waals surface area contributed by atoms with Gasteiger partial charge < -0.3 is 5.32 Å². The summed E-state index contributed by atoms with van der Waals surface area (Å²) in [5.41, 5.74) is 1.57. The molecule has 0 fully saturated rings. The van der Waals surface area contributed by atoms with Gasteiger partial charge in [0, 0.05) is 6.54 Å². The van der Waals surface area contributed by atoms with Crippen LogP contribution in [0.15, 0.2) is 24.3 Å². The van der Waals surface area contributed by atoms with E-state index in [1.807, 2.05) is 24.3 Å². The minimum atomic E-state index is -3.39. The summed E-state index contributed by atoms with van der Waals surface area (Å²) >= 11 is 0. The monoisotopic (exact) mass is 312 g/mol. The topological polar surface area (TPSA) is 58.2 Å². The summed E-state index contributed by atoms with van der Waals surface area (Å²) in [6.07, 6.45) is 0.993. The molecule has 1 atom stereocenters. The summed E-state index contributed by atoms with van der Waals surface area (Å²) < 4.78 is 27.6. The van der Waals surface area contributed by atoms with Gasteiger partial charge in [0.1, 0.15) is 0 Å². The Morgan fingerprint density at radius 1 is 1.19 bits per heavy atom. The summed E-state index contributed by atoms with van der Waals surface area (Å²) in [6.45, 7) is 11.3. The van der Waals surface area contributed by atoms with E-state index in [1.54, 1.807) is 6.92 Å². The van der Waals surface area contributed by atoms with Crippen molar-refractivity contribution in [2.24, 2.45) is 0 Å². The summed E-state index contributed by atoms with van der Waals surface area (Å²) in [5, 5.41) is 2.68. The fraction of sp³-hybridized carbons (Fsp3) is 0.625. The molecule has 4 nitrogen and oxygen atoms in total. The number of nitrogens with one attached hydrogen (secondary N) is 2. The molecule has 1 aromatic rings. The Morgan fingerprint density at radius 3 is 2.38 bits per heavy atom. The summed E-state index contributed by atoms with van der Waals surface area (Å²) in [5.74, 6) is 0. The zero-order chi connectivity index (χ0) is 16.1. The molecule has 1 unspecified atom stereocenters. The van der Waals surface area contributed by atoms with Gasteiger partial charge in [-0.05, 0) is 36.9 Å². The molecule has 1 rings (SSSR count). The van der Waals surface area contributed by atoms with Gasteiger partial charge in [0.05, 0.1) is 10.9 Å². The lowest BCUT2D eigenvalue weighted by molar-refractivity contribution is 0.574. The maximum Gasteiger partial charge on any atom is 0.236 e. The molecule has 0 amide bonds.